The van der Waals surface area contributed by atoms with Crippen LogP contribution in [0.2, 0.25) is 0 Å². The van der Waals surface area contributed by atoms with Gasteiger partial charge in [0.1, 0.15) is 0 Å². The average Bonchev–Trinajstić information content (AvgIpc) is 2.27. The Morgan fingerprint density at radius 2 is 1.93 bits per heavy atom. The lowest BCUT2D eigenvalue weighted by Gasteiger charge is -2.25. The van der Waals surface area contributed by atoms with E-state index in [0.29, 0.717) is 12.0 Å². The maximum atomic E-state index is 11.1. The minimum Gasteiger partial charge on any atom is -0.341 e. The second kappa shape index (κ2) is 8.53. The quantitative estimate of drug-likeness (QED) is 0.600. The highest BCUT2D eigenvalue weighted by atomic mass is 16.2. The van der Waals surface area contributed by atoms with E-state index < -0.39 is 0 Å². The maximum Gasteiger partial charge on any atom is 0.314 e. The van der Waals surface area contributed by atoms with Crippen LogP contribution < -0.4 is 16.0 Å². The molecule has 0 saturated heterocycles. The van der Waals surface area contributed by atoms with Crippen molar-refractivity contribution in [1.29, 1.82) is 0 Å². The summed E-state index contributed by atoms with van der Waals surface area (Å²) in [7, 11) is 3.63. The van der Waals surface area contributed by atoms with Gasteiger partial charge in [-0.15, -0.1) is 0 Å². The fourth-order valence-electron chi connectivity index (χ4n) is 1.81. The van der Waals surface area contributed by atoms with Crippen LogP contribution in [0, 0.1) is 5.92 Å². The van der Waals surface area contributed by atoms with Crippen LogP contribution in [0.3, 0.4) is 0 Å². The van der Waals surface area contributed by atoms with E-state index in [-0.39, 0.29) is 6.03 Å². The molecule has 0 bridgehead atoms. The molecule has 0 spiro atoms. The Bertz CT molecular complexity index is 173. The average molecular weight is 215 g/mol. The number of carbonyl (C=O) groups is 1. The summed E-state index contributed by atoms with van der Waals surface area (Å²) in [6.07, 6.45) is 3.40. The van der Waals surface area contributed by atoms with Gasteiger partial charge in [-0.2, -0.15) is 0 Å². The van der Waals surface area contributed by atoms with Crippen LogP contribution in [0.15, 0.2) is 0 Å². The zero-order chi connectivity index (χ0) is 11.7. The third-order valence-corrected chi connectivity index (χ3v) is 2.82. The zero-order valence-electron chi connectivity index (χ0n) is 10.4. The Morgan fingerprint density at radius 1 is 1.27 bits per heavy atom. The van der Waals surface area contributed by atoms with E-state index in [9.17, 15) is 4.79 Å². The SMILES string of the molecule is CCCC(NC)C(CC)CNC(=O)NC. The van der Waals surface area contributed by atoms with Gasteiger partial charge in [-0.25, -0.2) is 4.79 Å². The van der Waals surface area contributed by atoms with Gasteiger partial charge in [0.15, 0.2) is 0 Å². The summed E-state index contributed by atoms with van der Waals surface area (Å²) in [5.74, 6) is 0.507. The van der Waals surface area contributed by atoms with E-state index in [1.807, 2.05) is 7.05 Å². The van der Waals surface area contributed by atoms with Crippen molar-refractivity contribution in [3.63, 3.8) is 0 Å². The third kappa shape index (κ3) is 5.62. The van der Waals surface area contributed by atoms with Crippen molar-refractivity contribution in [3.8, 4) is 0 Å². The molecule has 2 atom stereocenters. The Kier molecular flexibility index (Phi) is 8.09. The minimum absolute atomic E-state index is 0.0974. The molecule has 0 saturated carbocycles. The van der Waals surface area contributed by atoms with Crippen molar-refractivity contribution < 1.29 is 4.79 Å². The van der Waals surface area contributed by atoms with Crippen LogP contribution in [-0.2, 0) is 0 Å². The predicted octanol–water partition coefficient (Wildman–Crippen LogP) is 1.33. The van der Waals surface area contributed by atoms with Crippen LogP contribution in [0.5, 0.6) is 0 Å². The van der Waals surface area contributed by atoms with E-state index in [1.165, 1.54) is 6.42 Å². The molecule has 0 rings (SSSR count). The van der Waals surface area contributed by atoms with Gasteiger partial charge in [0.05, 0.1) is 0 Å². The monoisotopic (exact) mass is 215 g/mol. The molecule has 0 fully saturated rings. The molecule has 15 heavy (non-hydrogen) atoms. The first-order valence-electron chi connectivity index (χ1n) is 5.82. The Morgan fingerprint density at radius 3 is 2.33 bits per heavy atom. The molecule has 2 unspecified atom stereocenters. The van der Waals surface area contributed by atoms with Gasteiger partial charge in [-0.05, 0) is 19.4 Å². The van der Waals surface area contributed by atoms with Gasteiger partial charge in [0.2, 0.25) is 0 Å². The second-order valence-electron chi connectivity index (χ2n) is 3.81. The number of nitrogens with one attached hydrogen (secondary N) is 3. The molecule has 0 aliphatic rings. The van der Waals surface area contributed by atoms with E-state index in [1.54, 1.807) is 7.05 Å². The smallest absolute Gasteiger partial charge is 0.314 e. The van der Waals surface area contributed by atoms with Crippen molar-refractivity contribution in [2.45, 2.75) is 39.2 Å². The first-order valence-corrected chi connectivity index (χ1v) is 5.82. The maximum absolute atomic E-state index is 11.1. The van der Waals surface area contributed by atoms with Crippen molar-refractivity contribution in [3.05, 3.63) is 0 Å². The van der Waals surface area contributed by atoms with Gasteiger partial charge in [-0.3, -0.25) is 0 Å². The topological polar surface area (TPSA) is 53.2 Å². The first-order chi connectivity index (χ1) is 7.19. The molecule has 0 radical (unpaired) electrons. The minimum atomic E-state index is -0.0974. The van der Waals surface area contributed by atoms with Gasteiger partial charge in [-0.1, -0.05) is 26.7 Å². The van der Waals surface area contributed by atoms with Crippen molar-refractivity contribution in [2.24, 2.45) is 5.92 Å². The molecule has 4 heteroatoms. The number of rotatable bonds is 7. The zero-order valence-corrected chi connectivity index (χ0v) is 10.4. The van der Waals surface area contributed by atoms with Crippen LogP contribution in [-0.4, -0.2) is 32.7 Å². The van der Waals surface area contributed by atoms with E-state index in [4.69, 9.17) is 0 Å². The Hall–Kier alpha value is -0.770. The molecule has 90 valence electrons. The largest absolute Gasteiger partial charge is 0.341 e. The lowest BCUT2D eigenvalue weighted by atomic mass is 9.93. The highest BCUT2D eigenvalue weighted by Crippen LogP contribution is 2.12. The molecular weight excluding hydrogens is 190 g/mol. The van der Waals surface area contributed by atoms with Crippen molar-refractivity contribution in [2.75, 3.05) is 20.6 Å². The summed E-state index contributed by atoms with van der Waals surface area (Å²) in [4.78, 5) is 11.1. The van der Waals surface area contributed by atoms with Crippen LogP contribution in [0.4, 0.5) is 4.79 Å². The molecule has 0 aliphatic carbocycles. The summed E-state index contributed by atoms with van der Waals surface area (Å²) >= 11 is 0. The highest BCUT2D eigenvalue weighted by molar-refractivity contribution is 5.73. The molecule has 2 amide bonds. The van der Waals surface area contributed by atoms with Gasteiger partial charge >= 0.3 is 6.03 Å². The molecule has 0 aliphatic heterocycles. The summed E-state index contributed by atoms with van der Waals surface area (Å²) in [6.45, 7) is 5.08. The van der Waals surface area contributed by atoms with E-state index >= 15 is 0 Å². The van der Waals surface area contributed by atoms with Crippen LogP contribution >= 0.6 is 0 Å². The van der Waals surface area contributed by atoms with Gasteiger partial charge in [0.25, 0.3) is 0 Å². The van der Waals surface area contributed by atoms with Gasteiger partial charge < -0.3 is 16.0 Å². The number of hydrogen-bond donors (Lipinski definition) is 3. The molecule has 4 nitrogen and oxygen atoms in total. The molecule has 0 aromatic carbocycles. The molecule has 0 aromatic heterocycles. The number of hydrogen-bond acceptors (Lipinski definition) is 2. The summed E-state index contributed by atoms with van der Waals surface area (Å²) < 4.78 is 0. The predicted molar refractivity (Wildman–Crippen MR) is 64.0 cm³/mol. The highest BCUT2D eigenvalue weighted by Gasteiger charge is 2.17. The normalized spacial score (nSPS) is 14.4. The Balaban J connectivity index is 4.02. The summed E-state index contributed by atoms with van der Waals surface area (Å²) in [5, 5.41) is 8.75. The molecule has 0 heterocycles. The molecule has 3 N–H and O–H groups in total. The standard InChI is InChI=1S/C11H25N3O/c1-5-7-10(12-3)9(6-2)8-14-11(15)13-4/h9-10,12H,5-8H2,1-4H3,(H2,13,14,15). The lowest BCUT2D eigenvalue weighted by molar-refractivity contribution is 0.237. The fraction of sp³-hybridized carbons (Fsp3) is 0.909. The van der Waals surface area contributed by atoms with Crippen LogP contribution in [0.25, 0.3) is 0 Å². The first kappa shape index (κ1) is 14.2. The molecule has 0 aromatic rings. The van der Waals surface area contributed by atoms with E-state index in [2.05, 4.69) is 29.8 Å². The van der Waals surface area contributed by atoms with E-state index in [0.717, 1.165) is 19.4 Å². The summed E-state index contributed by atoms with van der Waals surface area (Å²) in [5.41, 5.74) is 0. The third-order valence-electron chi connectivity index (χ3n) is 2.82. The summed E-state index contributed by atoms with van der Waals surface area (Å²) in [6, 6.07) is 0.400. The Labute approximate surface area is 93.2 Å². The number of amides is 2. The number of carbonyl (C=O) groups excluding carboxylic acids is 1. The lowest BCUT2D eigenvalue weighted by Crippen LogP contribution is -2.43. The number of urea groups is 1. The second-order valence-corrected chi connectivity index (χ2v) is 3.81. The molecular formula is C11H25N3O. The van der Waals surface area contributed by atoms with Crippen LogP contribution in [0.1, 0.15) is 33.1 Å². The van der Waals surface area contributed by atoms with Gasteiger partial charge in [0, 0.05) is 19.6 Å². The fourth-order valence-corrected chi connectivity index (χ4v) is 1.81. The van der Waals surface area contributed by atoms with Crippen molar-refractivity contribution in [1.82, 2.24) is 16.0 Å². The van der Waals surface area contributed by atoms with Crippen molar-refractivity contribution >= 4 is 6.03 Å².